The fourth-order valence-electron chi connectivity index (χ4n) is 3.05. The van der Waals surface area contributed by atoms with Crippen molar-refractivity contribution in [3.63, 3.8) is 0 Å². The molecule has 2 aromatic heterocycles. The summed E-state index contributed by atoms with van der Waals surface area (Å²) in [5.74, 6) is 0.496. The molecule has 0 saturated heterocycles. The van der Waals surface area contributed by atoms with E-state index in [1.807, 2.05) is 32.1 Å². The molecule has 0 spiro atoms. The van der Waals surface area contributed by atoms with E-state index in [1.54, 1.807) is 6.20 Å². The number of alkyl halides is 3. The Hall–Kier alpha value is -2.90. The molecule has 0 aliphatic carbocycles. The van der Waals surface area contributed by atoms with Gasteiger partial charge in [-0.15, -0.1) is 0 Å². The third-order valence-electron chi connectivity index (χ3n) is 4.41. The minimum Gasteiger partial charge on any atom is -0.352 e. The molecular weight excluding hydrogens is 357 g/mol. The van der Waals surface area contributed by atoms with Gasteiger partial charge >= 0.3 is 6.18 Å². The van der Waals surface area contributed by atoms with Crippen molar-refractivity contribution in [2.45, 2.75) is 20.0 Å². The lowest BCUT2D eigenvalue weighted by Gasteiger charge is -2.32. The van der Waals surface area contributed by atoms with Gasteiger partial charge in [0.1, 0.15) is 11.5 Å². The Morgan fingerprint density at radius 2 is 2.04 bits per heavy atom. The lowest BCUT2D eigenvalue weighted by Crippen LogP contribution is -2.37. The first-order valence-corrected chi connectivity index (χ1v) is 8.47. The van der Waals surface area contributed by atoms with Crippen molar-refractivity contribution in [3.05, 3.63) is 59.6 Å². The fourth-order valence-corrected chi connectivity index (χ4v) is 3.05. The number of amides is 1. The maximum absolute atomic E-state index is 12.6. The standard InChI is InChI=1S/C19H19F3N4O/c1-12-4-3-8-23-17(12)26-9-7-15(13(2)11-26)18(27)25-14-5-6-16(24-10-14)19(20,21)22/h3-8,10,13H,9,11H2,1-2H3,(H,25,27). The Morgan fingerprint density at radius 3 is 2.63 bits per heavy atom. The van der Waals surface area contributed by atoms with E-state index in [2.05, 4.69) is 20.2 Å². The van der Waals surface area contributed by atoms with Gasteiger partial charge in [-0.25, -0.2) is 9.97 Å². The van der Waals surface area contributed by atoms with Crippen LogP contribution in [0.5, 0.6) is 0 Å². The third-order valence-corrected chi connectivity index (χ3v) is 4.41. The first kappa shape index (κ1) is 18.9. The number of anilines is 2. The second-order valence-electron chi connectivity index (χ2n) is 6.49. The van der Waals surface area contributed by atoms with Crippen molar-refractivity contribution in [1.29, 1.82) is 0 Å². The van der Waals surface area contributed by atoms with E-state index in [0.717, 1.165) is 23.6 Å². The molecule has 3 rings (SSSR count). The lowest BCUT2D eigenvalue weighted by molar-refractivity contribution is -0.141. The number of halogens is 3. The number of pyridine rings is 2. The monoisotopic (exact) mass is 376 g/mol. The highest BCUT2D eigenvalue weighted by molar-refractivity contribution is 6.04. The molecule has 0 bridgehead atoms. The Kier molecular flexibility index (Phi) is 5.16. The molecule has 0 radical (unpaired) electrons. The molecule has 2 aromatic rings. The summed E-state index contributed by atoms with van der Waals surface area (Å²) in [6.07, 6.45) is 0.0695. The SMILES string of the molecule is Cc1cccnc1N1CC=C(C(=O)Nc2ccc(C(F)(F)F)nc2)C(C)C1. The van der Waals surface area contributed by atoms with Crippen LogP contribution in [-0.4, -0.2) is 29.0 Å². The summed E-state index contributed by atoms with van der Waals surface area (Å²) < 4.78 is 37.7. The minimum atomic E-state index is -4.50. The molecule has 5 nitrogen and oxygen atoms in total. The average Bonchev–Trinajstić information content (AvgIpc) is 2.61. The molecule has 3 heterocycles. The molecule has 1 atom stereocenters. The van der Waals surface area contributed by atoms with E-state index in [0.29, 0.717) is 18.7 Å². The summed E-state index contributed by atoms with van der Waals surface area (Å²) in [5.41, 5.74) is 0.887. The highest BCUT2D eigenvalue weighted by atomic mass is 19.4. The van der Waals surface area contributed by atoms with Crippen LogP contribution in [-0.2, 0) is 11.0 Å². The molecule has 0 saturated carbocycles. The number of nitrogens with one attached hydrogen (secondary N) is 1. The predicted molar refractivity (Wildman–Crippen MR) is 96.3 cm³/mol. The molecule has 142 valence electrons. The molecule has 0 aromatic carbocycles. The van der Waals surface area contributed by atoms with Crippen molar-refractivity contribution in [1.82, 2.24) is 9.97 Å². The van der Waals surface area contributed by atoms with Crippen molar-refractivity contribution in [2.24, 2.45) is 5.92 Å². The molecule has 1 unspecified atom stereocenters. The number of nitrogens with zero attached hydrogens (tertiary/aromatic N) is 3. The van der Waals surface area contributed by atoms with Crippen LogP contribution in [0, 0.1) is 12.8 Å². The molecule has 27 heavy (non-hydrogen) atoms. The van der Waals surface area contributed by atoms with Crippen LogP contribution in [0.4, 0.5) is 24.7 Å². The topological polar surface area (TPSA) is 58.1 Å². The number of carbonyl (C=O) groups is 1. The molecule has 0 fully saturated rings. The number of aryl methyl sites for hydroxylation is 1. The molecule has 8 heteroatoms. The van der Waals surface area contributed by atoms with Crippen molar-refractivity contribution in [2.75, 3.05) is 23.3 Å². The summed E-state index contributed by atoms with van der Waals surface area (Å²) >= 11 is 0. The van der Waals surface area contributed by atoms with E-state index < -0.39 is 11.9 Å². The van der Waals surface area contributed by atoms with Crippen LogP contribution < -0.4 is 10.2 Å². The zero-order chi connectivity index (χ0) is 19.6. The van der Waals surface area contributed by atoms with E-state index >= 15 is 0 Å². The molecule has 1 aliphatic rings. The van der Waals surface area contributed by atoms with Gasteiger partial charge in [0.2, 0.25) is 0 Å². The van der Waals surface area contributed by atoms with Gasteiger partial charge in [0.25, 0.3) is 5.91 Å². The van der Waals surface area contributed by atoms with Crippen LogP contribution in [0.2, 0.25) is 0 Å². The summed E-state index contributed by atoms with van der Waals surface area (Å²) in [6.45, 7) is 5.08. The van der Waals surface area contributed by atoms with Crippen LogP contribution in [0.3, 0.4) is 0 Å². The second kappa shape index (κ2) is 7.38. The van der Waals surface area contributed by atoms with Gasteiger partial charge < -0.3 is 10.2 Å². The van der Waals surface area contributed by atoms with Gasteiger partial charge in [-0.2, -0.15) is 13.2 Å². The molecule has 1 N–H and O–H groups in total. The van der Waals surface area contributed by atoms with Crippen LogP contribution in [0.25, 0.3) is 0 Å². The summed E-state index contributed by atoms with van der Waals surface area (Å²) in [6, 6.07) is 5.90. The quantitative estimate of drug-likeness (QED) is 0.885. The summed E-state index contributed by atoms with van der Waals surface area (Å²) in [5, 5.41) is 2.62. The average molecular weight is 376 g/mol. The van der Waals surface area contributed by atoms with Crippen LogP contribution in [0.15, 0.2) is 48.3 Å². The van der Waals surface area contributed by atoms with Crippen LogP contribution >= 0.6 is 0 Å². The van der Waals surface area contributed by atoms with Crippen molar-refractivity contribution < 1.29 is 18.0 Å². The third kappa shape index (κ3) is 4.27. The van der Waals surface area contributed by atoms with Gasteiger partial charge in [0.05, 0.1) is 11.9 Å². The number of hydrogen-bond acceptors (Lipinski definition) is 4. The van der Waals surface area contributed by atoms with E-state index in [-0.39, 0.29) is 17.5 Å². The predicted octanol–water partition coefficient (Wildman–Crippen LogP) is 3.83. The van der Waals surface area contributed by atoms with Crippen LogP contribution in [0.1, 0.15) is 18.2 Å². The minimum absolute atomic E-state index is 0.0532. The van der Waals surface area contributed by atoms with Gasteiger partial charge in [-0.3, -0.25) is 4.79 Å². The first-order chi connectivity index (χ1) is 12.8. The maximum atomic E-state index is 12.6. The molecular formula is C19H19F3N4O. The number of carbonyl (C=O) groups excluding carboxylic acids is 1. The largest absolute Gasteiger partial charge is 0.433 e. The van der Waals surface area contributed by atoms with Crippen molar-refractivity contribution in [3.8, 4) is 0 Å². The number of hydrogen-bond donors (Lipinski definition) is 1. The van der Waals surface area contributed by atoms with Crippen molar-refractivity contribution >= 4 is 17.4 Å². The second-order valence-corrected chi connectivity index (χ2v) is 6.49. The summed E-state index contributed by atoms with van der Waals surface area (Å²) in [4.78, 5) is 22.4. The highest BCUT2D eigenvalue weighted by Gasteiger charge is 2.32. The molecule has 1 amide bonds. The number of aromatic nitrogens is 2. The van der Waals surface area contributed by atoms with Gasteiger partial charge in [0.15, 0.2) is 0 Å². The smallest absolute Gasteiger partial charge is 0.352 e. The Morgan fingerprint density at radius 1 is 1.26 bits per heavy atom. The zero-order valence-electron chi connectivity index (χ0n) is 14.9. The van der Waals surface area contributed by atoms with Gasteiger partial charge in [-0.05, 0) is 30.7 Å². The Labute approximate surface area is 154 Å². The normalized spacial score (nSPS) is 17.4. The number of rotatable bonds is 3. The van der Waals surface area contributed by atoms with E-state index in [9.17, 15) is 18.0 Å². The highest BCUT2D eigenvalue weighted by Crippen LogP contribution is 2.28. The van der Waals surface area contributed by atoms with Gasteiger partial charge in [0, 0.05) is 30.8 Å². The first-order valence-electron chi connectivity index (χ1n) is 8.47. The lowest BCUT2D eigenvalue weighted by atomic mass is 9.95. The Bertz CT molecular complexity index is 862. The fraction of sp³-hybridized carbons (Fsp3) is 0.316. The summed E-state index contributed by atoms with van der Waals surface area (Å²) in [7, 11) is 0. The van der Waals surface area contributed by atoms with Gasteiger partial charge in [-0.1, -0.05) is 19.1 Å². The Balaban J connectivity index is 1.69. The maximum Gasteiger partial charge on any atom is 0.433 e. The van der Waals surface area contributed by atoms with E-state index in [1.165, 1.54) is 6.07 Å². The van der Waals surface area contributed by atoms with E-state index in [4.69, 9.17) is 0 Å². The zero-order valence-corrected chi connectivity index (χ0v) is 14.9. The molecule has 1 aliphatic heterocycles.